The number of hydrogen-bond donors (Lipinski definition) is 0. The summed E-state index contributed by atoms with van der Waals surface area (Å²) in [5.41, 5.74) is 3.58. The topological polar surface area (TPSA) is 36.4 Å². The number of rotatable bonds is 6. The summed E-state index contributed by atoms with van der Waals surface area (Å²) in [5.74, 6) is 0.273. The third kappa shape index (κ3) is 5.13. The normalized spacial score (nSPS) is 17.7. The SMILES string of the molecule is Cc1ccc(CN2CCC(N(C)Cc3csc(-c4cccs4)n3)CCC2=O)cc1. The first-order chi connectivity index (χ1) is 14.1. The molecular formula is C23H27N3OS2. The van der Waals surface area contributed by atoms with Crippen LogP contribution in [0.5, 0.6) is 0 Å². The Labute approximate surface area is 180 Å². The van der Waals surface area contributed by atoms with Crippen molar-refractivity contribution in [2.75, 3.05) is 13.6 Å². The number of thiophene rings is 1. The molecule has 1 aromatic carbocycles. The van der Waals surface area contributed by atoms with E-state index in [9.17, 15) is 4.79 Å². The van der Waals surface area contributed by atoms with Gasteiger partial charge >= 0.3 is 0 Å². The lowest BCUT2D eigenvalue weighted by atomic mass is 10.1. The average molecular weight is 426 g/mol. The van der Waals surface area contributed by atoms with Crippen LogP contribution in [0.1, 0.15) is 36.1 Å². The van der Waals surface area contributed by atoms with Crippen LogP contribution in [0.25, 0.3) is 9.88 Å². The highest BCUT2D eigenvalue weighted by Crippen LogP contribution is 2.28. The summed E-state index contributed by atoms with van der Waals surface area (Å²) >= 11 is 3.45. The minimum atomic E-state index is 0.273. The average Bonchev–Trinajstić information content (AvgIpc) is 3.36. The number of nitrogens with zero attached hydrogens (tertiary/aromatic N) is 3. The number of carbonyl (C=O) groups excluding carboxylic acids is 1. The first kappa shape index (κ1) is 20.3. The number of benzene rings is 1. The predicted molar refractivity (Wildman–Crippen MR) is 121 cm³/mol. The van der Waals surface area contributed by atoms with Crippen LogP contribution in [0.3, 0.4) is 0 Å². The molecule has 29 heavy (non-hydrogen) atoms. The zero-order chi connectivity index (χ0) is 20.2. The smallest absolute Gasteiger partial charge is 0.222 e. The van der Waals surface area contributed by atoms with Gasteiger partial charge in [-0.15, -0.1) is 22.7 Å². The number of carbonyl (C=O) groups is 1. The molecule has 1 saturated heterocycles. The number of likely N-dealkylation sites (tertiary alicyclic amines) is 1. The number of aromatic nitrogens is 1. The Morgan fingerprint density at radius 1 is 1.17 bits per heavy atom. The molecule has 3 heterocycles. The van der Waals surface area contributed by atoms with Crippen LogP contribution < -0.4 is 0 Å². The van der Waals surface area contributed by atoms with Crippen molar-refractivity contribution >= 4 is 28.6 Å². The first-order valence-electron chi connectivity index (χ1n) is 10.1. The second kappa shape index (κ2) is 9.20. The largest absolute Gasteiger partial charge is 0.338 e. The molecule has 2 aromatic heterocycles. The van der Waals surface area contributed by atoms with Crippen LogP contribution in [0.2, 0.25) is 0 Å². The van der Waals surface area contributed by atoms with E-state index < -0.39 is 0 Å². The van der Waals surface area contributed by atoms with Crippen molar-refractivity contribution in [3.8, 4) is 9.88 Å². The van der Waals surface area contributed by atoms with Gasteiger partial charge in [0.1, 0.15) is 5.01 Å². The molecule has 1 aliphatic heterocycles. The Hall–Kier alpha value is -2.02. The van der Waals surface area contributed by atoms with E-state index in [0.717, 1.165) is 36.6 Å². The van der Waals surface area contributed by atoms with Crippen molar-refractivity contribution in [3.63, 3.8) is 0 Å². The van der Waals surface area contributed by atoms with Gasteiger partial charge < -0.3 is 4.90 Å². The Morgan fingerprint density at radius 2 is 2.00 bits per heavy atom. The molecule has 1 unspecified atom stereocenters. The van der Waals surface area contributed by atoms with Crippen molar-refractivity contribution < 1.29 is 4.79 Å². The lowest BCUT2D eigenvalue weighted by molar-refractivity contribution is -0.131. The van der Waals surface area contributed by atoms with Gasteiger partial charge in [0.15, 0.2) is 0 Å². The lowest BCUT2D eigenvalue weighted by Gasteiger charge is -2.26. The molecule has 1 atom stereocenters. The van der Waals surface area contributed by atoms with Gasteiger partial charge in [-0.25, -0.2) is 4.98 Å². The minimum Gasteiger partial charge on any atom is -0.338 e. The number of amides is 1. The molecule has 0 saturated carbocycles. The maximum Gasteiger partial charge on any atom is 0.222 e. The second-order valence-corrected chi connectivity index (χ2v) is 9.62. The van der Waals surface area contributed by atoms with Crippen molar-refractivity contribution in [1.82, 2.24) is 14.8 Å². The van der Waals surface area contributed by atoms with Crippen LogP contribution in [-0.2, 0) is 17.9 Å². The third-order valence-electron chi connectivity index (χ3n) is 5.59. The molecule has 1 aliphatic rings. The maximum atomic E-state index is 12.6. The molecule has 4 rings (SSSR count). The Morgan fingerprint density at radius 3 is 2.76 bits per heavy atom. The Bertz CT molecular complexity index is 933. The molecule has 1 fully saturated rings. The molecule has 0 N–H and O–H groups in total. The first-order valence-corrected chi connectivity index (χ1v) is 11.9. The van der Waals surface area contributed by atoms with Crippen LogP contribution >= 0.6 is 22.7 Å². The van der Waals surface area contributed by atoms with E-state index in [1.54, 1.807) is 22.7 Å². The zero-order valence-corrected chi connectivity index (χ0v) is 18.6. The Kier molecular flexibility index (Phi) is 6.43. The van der Waals surface area contributed by atoms with E-state index in [2.05, 4.69) is 66.0 Å². The summed E-state index contributed by atoms with van der Waals surface area (Å²) in [5, 5.41) is 5.36. The van der Waals surface area contributed by atoms with Gasteiger partial charge in [0.05, 0.1) is 10.6 Å². The van der Waals surface area contributed by atoms with Crippen LogP contribution in [0, 0.1) is 6.92 Å². The fraction of sp³-hybridized carbons (Fsp3) is 0.391. The second-order valence-electron chi connectivity index (χ2n) is 7.82. The van der Waals surface area contributed by atoms with E-state index >= 15 is 0 Å². The molecule has 0 spiro atoms. The fourth-order valence-corrected chi connectivity index (χ4v) is 5.45. The van der Waals surface area contributed by atoms with E-state index in [1.807, 2.05) is 4.90 Å². The van der Waals surface area contributed by atoms with Crippen molar-refractivity contribution in [3.05, 3.63) is 64.0 Å². The molecule has 6 heteroatoms. The van der Waals surface area contributed by atoms with E-state index in [4.69, 9.17) is 4.98 Å². The molecule has 3 aromatic rings. The van der Waals surface area contributed by atoms with Gasteiger partial charge in [-0.05, 0) is 43.8 Å². The van der Waals surface area contributed by atoms with E-state index in [-0.39, 0.29) is 5.91 Å². The lowest BCUT2D eigenvalue weighted by Crippen LogP contribution is -2.33. The summed E-state index contributed by atoms with van der Waals surface area (Å²) in [6, 6.07) is 13.1. The van der Waals surface area contributed by atoms with Gasteiger partial charge in [-0.2, -0.15) is 0 Å². The third-order valence-corrected chi connectivity index (χ3v) is 7.52. The van der Waals surface area contributed by atoms with Crippen LogP contribution in [0.4, 0.5) is 0 Å². The summed E-state index contributed by atoms with van der Waals surface area (Å²) in [6.07, 6.45) is 2.55. The van der Waals surface area contributed by atoms with Gasteiger partial charge in [0, 0.05) is 37.5 Å². The monoisotopic (exact) mass is 425 g/mol. The zero-order valence-electron chi connectivity index (χ0n) is 17.0. The van der Waals surface area contributed by atoms with Gasteiger partial charge in [-0.3, -0.25) is 9.69 Å². The summed E-state index contributed by atoms with van der Waals surface area (Å²) in [7, 11) is 2.16. The standard InChI is InChI=1S/C23H27N3OS2/c1-17-5-7-18(8-6-17)14-26-12-11-20(9-10-22(26)27)25(2)15-19-16-29-23(24-19)21-4-3-13-28-21/h3-8,13,16,20H,9-12,14-15H2,1-2H3. The van der Waals surface area contributed by atoms with Crippen LogP contribution in [-0.4, -0.2) is 40.3 Å². The minimum absolute atomic E-state index is 0.273. The van der Waals surface area contributed by atoms with Crippen molar-refractivity contribution in [1.29, 1.82) is 0 Å². The maximum absolute atomic E-state index is 12.6. The van der Waals surface area contributed by atoms with Gasteiger partial charge in [0.2, 0.25) is 5.91 Å². The van der Waals surface area contributed by atoms with Gasteiger partial charge in [0.25, 0.3) is 0 Å². The van der Waals surface area contributed by atoms with E-state index in [1.165, 1.54) is 16.0 Å². The number of thiazole rings is 1. The molecule has 0 radical (unpaired) electrons. The molecule has 0 bridgehead atoms. The molecule has 0 aliphatic carbocycles. The molecule has 4 nitrogen and oxygen atoms in total. The summed E-state index contributed by atoms with van der Waals surface area (Å²) < 4.78 is 0. The Balaban J connectivity index is 1.34. The highest BCUT2D eigenvalue weighted by molar-refractivity contribution is 7.20. The summed E-state index contributed by atoms with van der Waals surface area (Å²) in [4.78, 5) is 23.1. The highest BCUT2D eigenvalue weighted by Gasteiger charge is 2.25. The number of aryl methyl sites for hydroxylation is 1. The highest BCUT2D eigenvalue weighted by atomic mass is 32.1. The molecule has 152 valence electrons. The van der Waals surface area contributed by atoms with E-state index in [0.29, 0.717) is 19.0 Å². The fourth-order valence-electron chi connectivity index (χ4n) is 3.82. The predicted octanol–water partition coefficient (Wildman–Crippen LogP) is 5.19. The van der Waals surface area contributed by atoms with Crippen molar-refractivity contribution in [2.45, 2.75) is 45.3 Å². The summed E-state index contributed by atoms with van der Waals surface area (Å²) in [6.45, 7) is 4.46. The number of hydrogen-bond acceptors (Lipinski definition) is 5. The molecule has 1 amide bonds. The van der Waals surface area contributed by atoms with Crippen molar-refractivity contribution in [2.24, 2.45) is 0 Å². The quantitative estimate of drug-likeness (QED) is 0.545. The molecular weight excluding hydrogens is 398 g/mol. The van der Waals surface area contributed by atoms with Crippen LogP contribution in [0.15, 0.2) is 47.2 Å². The van der Waals surface area contributed by atoms with Gasteiger partial charge in [-0.1, -0.05) is 35.9 Å².